The first-order valence-corrected chi connectivity index (χ1v) is 8.86. The Labute approximate surface area is 142 Å². The summed E-state index contributed by atoms with van der Waals surface area (Å²) in [5.41, 5.74) is 2.22. The van der Waals surface area contributed by atoms with Gasteiger partial charge in [-0.05, 0) is 18.4 Å². The second kappa shape index (κ2) is 8.66. The highest BCUT2D eigenvalue weighted by atomic mass is 32.2. The number of aromatic nitrogens is 2. The molecule has 0 fully saturated rings. The van der Waals surface area contributed by atoms with Crippen LogP contribution < -0.4 is 5.32 Å². The average molecular weight is 348 g/mol. The predicted octanol–water partition coefficient (Wildman–Crippen LogP) is 2.78. The normalized spacial score (nSPS) is 10.3. The molecular formula is C15H16N4O2S2. The standard InChI is InChI=1S/C15H16N4O2S2/c1-22-11-4-2-10(3-5-11)13-18-14(17-6-7-20)12(8-21)15(19-13)23-9-16/h2-5,8-9,16,20H,6-7H2,1H3,(H,17,18,19). The molecule has 0 bridgehead atoms. The van der Waals surface area contributed by atoms with Gasteiger partial charge >= 0.3 is 0 Å². The van der Waals surface area contributed by atoms with Crippen molar-refractivity contribution in [3.63, 3.8) is 0 Å². The lowest BCUT2D eigenvalue weighted by atomic mass is 10.2. The second-order valence-electron chi connectivity index (χ2n) is 4.35. The van der Waals surface area contributed by atoms with E-state index in [0.717, 1.165) is 27.8 Å². The van der Waals surface area contributed by atoms with Crippen LogP contribution in [0.15, 0.2) is 34.2 Å². The van der Waals surface area contributed by atoms with Gasteiger partial charge in [0, 0.05) is 17.0 Å². The number of aliphatic hydroxyl groups is 1. The van der Waals surface area contributed by atoms with Crippen molar-refractivity contribution in [3.8, 4) is 11.4 Å². The van der Waals surface area contributed by atoms with Crippen LogP contribution in [0.25, 0.3) is 11.4 Å². The van der Waals surface area contributed by atoms with E-state index in [1.165, 1.54) is 0 Å². The third kappa shape index (κ3) is 4.31. The summed E-state index contributed by atoms with van der Waals surface area (Å²) in [6.45, 7) is 0.199. The molecule has 0 unspecified atom stereocenters. The average Bonchev–Trinajstić information content (AvgIpc) is 2.60. The van der Waals surface area contributed by atoms with Crippen LogP contribution in [0.3, 0.4) is 0 Å². The maximum Gasteiger partial charge on any atom is 0.162 e. The molecule has 0 radical (unpaired) electrons. The van der Waals surface area contributed by atoms with E-state index in [1.54, 1.807) is 11.8 Å². The summed E-state index contributed by atoms with van der Waals surface area (Å²) in [6.07, 6.45) is 2.66. The highest BCUT2D eigenvalue weighted by Crippen LogP contribution is 2.28. The van der Waals surface area contributed by atoms with Gasteiger partial charge in [-0.3, -0.25) is 4.79 Å². The number of carbonyl (C=O) groups is 1. The summed E-state index contributed by atoms with van der Waals surface area (Å²) >= 11 is 2.69. The fourth-order valence-corrected chi connectivity index (χ4v) is 2.81. The van der Waals surface area contributed by atoms with Gasteiger partial charge in [0.1, 0.15) is 10.8 Å². The Balaban J connectivity index is 2.50. The molecule has 2 aromatic rings. The van der Waals surface area contributed by atoms with Crippen molar-refractivity contribution in [1.29, 1.82) is 5.41 Å². The Bertz CT molecular complexity index is 693. The van der Waals surface area contributed by atoms with Gasteiger partial charge in [0.25, 0.3) is 0 Å². The molecule has 1 aromatic heterocycles. The molecule has 0 amide bonds. The van der Waals surface area contributed by atoms with E-state index < -0.39 is 0 Å². The fraction of sp³-hybridized carbons (Fsp3) is 0.200. The van der Waals surface area contributed by atoms with Crippen molar-refractivity contribution < 1.29 is 9.90 Å². The lowest BCUT2D eigenvalue weighted by molar-refractivity contribution is 0.112. The van der Waals surface area contributed by atoms with Crippen molar-refractivity contribution in [1.82, 2.24) is 9.97 Å². The molecule has 0 aliphatic carbocycles. The molecule has 6 nitrogen and oxygen atoms in total. The Morgan fingerprint density at radius 1 is 1.30 bits per heavy atom. The van der Waals surface area contributed by atoms with Gasteiger partial charge in [0.2, 0.25) is 0 Å². The third-order valence-electron chi connectivity index (χ3n) is 2.95. The van der Waals surface area contributed by atoms with E-state index in [-0.39, 0.29) is 18.7 Å². The summed E-state index contributed by atoms with van der Waals surface area (Å²) in [5.74, 6) is 0.824. The molecule has 2 rings (SSSR count). The van der Waals surface area contributed by atoms with Crippen LogP contribution in [0, 0.1) is 5.41 Å². The maximum absolute atomic E-state index is 11.3. The van der Waals surface area contributed by atoms with E-state index in [2.05, 4.69) is 15.3 Å². The molecule has 1 heterocycles. The van der Waals surface area contributed by atoms with E-state index in [9.17, 15) is 4.79 Å². The molecule has 0 saturated carbocycles. The van der Waals surface area contributed by atoms with Crippen LogP contribution >= 0.6 is 23.5 Å². The number of thioether (sulfide) groups is 2. The molecule has 1 aromatic carbocycles. The second-order valence-corrected chi connectivity index (χ2v) is 6.08. The zero-order valence-electron chi connectivity index (χ0n) is 12.4. The minimum atomic E-state index is -0.0763. The molecule has 0 atom stereocenters. The summed E-state index contributed by atoms with van der Waals surface area (Å²) < 4.78 is 0. The predicted molar refractivity (Wildman–Crippen MR) is 94.9 cm³/mol. The van der Waals surface area contributed by atoms with Crippen molar-refractivity contribution in [3.05, 3.63) is 29.8 Å². The quantitative estimate of drug-likeness (QED) is 0.222. The van der Waals surface area contributed by atoms with Crippen LogP contribution in [0.1, 0.15) is 10.4 Å². The SMILES string of the molecule is CSc1ccc(-c2nc(NCCO)c(C=O)c(SC=N)n2)cc1. The lowest BCUT2D eigenvalue weighted by Gasteiger charge is -2.12. The van der Waals surface area contributed by atoms with Crippen molar-refractivity contribution in [2.75, 3.05) is 24.7 Å². The van der Waals surface area contributed by atoms with Crippen molar-refractivity contribution in [2.45, 2.75) is 9.92 Å². The molecule has 0 spiro atoms. The smallest absolute Gasteiger partial charge is 0.162 e. The summed E-state index contributed by atoms with van der Waals surface area (Å²) in [5, 5.41) is 19.5. The van der Waals surface area contributed by atoms with Gasteiger partial charge < -0.3 is 15.8 Å². The van der Waals surface area contributed by atoms with Gasteiger partial charge in [-0.25, -0.2) is 9.97 Å². The number of anilines is 1. The van der Waals surface area contributed by atoms with Crippen molar-refractivity contribution in [2.24, 2.45) is 0 Å². The summed E-state index contributed by atoms with van der Waals surface area (Å²) in [6, 6.07) is 7.77. The van der Waals surface area contributed by atoms with Gasteiger partial charge in [-0.2, -0.15) is 0 Å². The van der Waals surface area contributed by atoms with Crippen molar-refractivity contribution >= 4 is 41.2 Å². The van der Waals surface area contributed by atoms with Gasteiger partial charge in [-0.1, -0.05) is 23.9 Å². The first-order valence-electron chi connectivity index (χ1n) is 6.75. The minimum absolute atomic E-state index is 0.0763. The van der Waals surface area contributed by atoms with Crippen LogP contribution in [-0.2, 0) is 0 Å². The summed E-state index contributed by atoms with van der Waals surface area (Å²) in [7, 11) is 0. The number of hydrogen-bond donors (Lipinski definition) is 3. The number of nitrogens with zero attached hydrogens (tertiary/aromatic N) is 2. The number of aliphatic hydroxyl groups excluding tert-OH is 1. The highest BCUT2D eigenvalue weighted by molar-refractivity contribution is 8.12. The van der Waals surface area contributed by atoms with Gasteiger partial charge in [0.15, 0.2) is 12.1 Å². The number of rotatable bonds is 8. The zero-order valence-corrected chi connectivity index (χ0v) is 14.1. The van der Waals surface area contributed by atoms with E-state index in [0.29, 0.717) is 23.0 Å². The first kappa shape index (κ1) is 17.5. The number of hydrogen-bond acceptors (Lipinski definition) is 8. The number of carbonyl (C=O) groups excluding carboxylic acids is 1. The Hall–Kier alpha value is -1.90. The molecular weight excluding hydrogens is 332 g/mol. The van der Waals surface area contributed by atoms with Gasteiger partial charge in [-0.15, -0.1) is 11.8 Å². The molecule has 120 valence electrons. The topological polar surface area (TPSA) is 99.0 Å². The van der Waals surface area contributed by atoms with Crippen LogP contribution in [0.2, 0.25) is 0 Å². The first-order chi connectivity index (χ1) is 11.2. The number of benzene rings is 1. The Morgan fingerprint density at radius 2 is 2.04 bits per heavy atom. The number of nitrogens with one attached hydrogen (secondary N) is 2. The minimum Gasteiger partial charge on any atom is -0.395 e. The molecule has 0 aliphatic heterocycles. The van der Waals surface area contributed by atoms with E-state index in [1.807, 2.05) is 30.5 Å². The highest BCUT2D eigenvalue weighted by Gasteiger charge is 2.15. The molecule has 3 N–H and O–H groups in total. The van der Waals surface area contributed by atoms with Crippen LogP contribution in [-0.4, -0.2) is 46.3 Å². The zero-order chi connectivity index (χ0) is 16.7. The monoisotopic (exact) mass is 348 g/mol. The fourth-order valence-electron chi connectivity index (χ4n) is 1.88. The molecule has 0 saturated heterocycles. The maximum atomic E-state index is 11.3. The number of aldehydes is 1. The van der Waals surface area contributed by atoms with E-state index in [4.69, 9.17) is 10.5 Å². The van der Waals surface area contributed by atoms with Crippen LogP contribution in [0.5, 0.6) is 0 Å². The van der Waals surface area contributed by atoms with Crippen LogP contribution in [0.4, 0.5) is 5.82 Å². The van der Waals surface area contributed by atoms with E-state index >= 15 is 0 Å². The Kier molecular flexibility index (Phi) is 6.57. The molecule has 0 aliphatic rings. The molecule has 23 heavy (non-hydrogen) atoms. The Morgan fingerprint density at radius 3 is 2.61 bits per heavy atom. The van der Waals surface area contributed by atoms with Gasteiger partial charge in [0.05, 0.1) is 17.7 Å². The largest absolute Gasteiger partial charge is 0.395 e. The molecule has 8 heteroatoms. The third-order valence-corrected chi connectivity index (χ3v) is 4.35. The lowest BCUT2D eigenvalue weighted by Crippen LogP contribution is -2.11. The summed E-state index contributed by atoms with van der Waals surface area (Å²) in [4.78, 5) is 21.3.